The molecule has 0 amide bonds. The van der Waals surface area contributed by atoms with Crippen LogP contribution in [0.15, 0.2) is 28.3 Å². The van der Waals surface area contributed by atoms with Crippen molar-refractivity contribution in [3.63, 3.8) is 0 Å². The molecule has 0 aliphatic carbocycles. The molecule has 86 valence electrons. The van der Waals surface area contributed by atoms with Gasteiger partial charge in [-0.1, -0.05) is 11.3 Å². The van der Waals surface area contributed by atoms with Gasteiger partial charge < -0.3 is 5.73 Å². The van der Waals surface area contributed by atoms with E-state index in [-0.39, 0.29) is 23.4 Å². The molecule has 2 aromatic heterocycles. The standard InChI is InChI=1S/C9H8N2O2S2.ClH/c10-9(6-1-2-14-4-6)7-3-8(11(12)13)15-5-7;/h1-5,9H,10H2;1H/t9-;/m0./s1. The highest BCUT2D eigenvalue weighted by Crippen LogP contribution is 2.29. The molecule has 2 rings (SSSR count). The molecular weight excluding hydrogens is 268 g/mol. The van der Waals surface area contributed by atoms with E-state index in [4.69, 9.17) is 5.73 Å². The summed E-state index contributed by atoms with van der Waals surface area (Å²) in [5.41, 5.74) is 7.75. The zero-order valence-electron chi connectivity index (χ0n) is 8.03. The van der Waals surface area contributed by atoms with Crippen LogP contribution < -0.4 is 5.73 Å². The summed E-state index contributed by atoms with van der Waals surface area (Å²) in [4.78, 5) is 10.1. The topological polar surface area (TPSA) is 69.2 Å². The van der Waals surface area contributed by atoms with Crippen molar-refractivity contribution in [2.24, 2.45) is 5.73 Å². The Morgan fingerprint density at radius 3 is 2.62 bits per heavy atom. The minimum atomic E-state index is -0.394. The number of hydrogen-bond donors (Lipinski definition) is 1. The highest BCUT2D eigenvalue weighted by Gasteiger charge is 2.15. The predicted octanol–water partition coefficient (Wildman–Crippen LogP) is 3.19. The van der Waals surface area contributed by atoms with E-state index < -0.39 is 4.92 Å². The van der Waals surface area contributed by atoms with Gasteiger partial charge in [0.1, 0.15) is 0 Å². The molecule has 2 N–H and O–H groups in total. The number of thiophene rings is 2. The summed E-state index contributed by atoms with van der Waals surface area (Å²) in [5.74, 6) is 0. The van der Waals surface area contributed by atoms with Gasteiger partial charge in [0, 0.05) is 11.4 Å². The first-order chi connectivity index (χ1) is 7.18. The van der Waals surface area contributed by atoms with E-state index in [0.29, 0.717) is 0 Å². The molecule has 7 heteroatoms. The first-order valence-electron chi connectivity index (χ1n) is 4.19. The van der Waals surface area contributed by atoms with E-state index in [1.54, 1.807) is 16.7 Å². The monoisotopic (exact) mass is 276 g/mol. The Morgan fingerprint density at radius 1 is 1.38 bits per heavy atom. The molecule has 4 nitrogen and oxygen atoms in total. The minimum Gasteiger partial charge on any atom is -0.320 e. The summed E-state index contributed by atoms with van der Waals surface area (Å²) >= 11 is 2.67. The highest BCUT2D eigenvalue weighted by molar-refractivity contribution is 7.13. The Morgan fingerprint density at radius 2 is 2.12 bits per heavy atom. The maximum absolute atomic E-state index is 10.5. The van der Waals surface area contributed by atoms with E-state index in [2.05, 4.69) is 0 Å². The smallest absolute Gasteiger partial charge is 0.320 e. The highest BCUT2D eigenvalue weighted by atomic mass is 35.5. The quantitative estimate of drug-likeness (QED) is 0.691. The summed E-state index contributed by atoms with van der Waals surface area (Å²) < 4.78 is 0. The molecule has 1 atom stereocenters. The Hall–Kier alpha value is -0.950. The maximum atomic E-state index is 10.5. The lowest BCUT2D eigenvalue weighted by Crippen LogP contribution is -2.09. The second-order valence-electron chi connectivity index (χ2n) is 3.01. The first-order valence-corrected chi connectivity index (χ1v) is 6.01. The van der Waals surface area contributed by atoms with Crippen LogP contribution in [0.5, 0.6) is 0 Å². The van der Waals surface area contributed by atoms with Crippen molar-refractivity contribution in [1.29, 1.82) is 0 Å². The van der Waals surface area contributed by atoms with E-state index >= 15 is 0 Å². The minimum absolute atomic E-state index is 0. The van der Waals surface area contributed by atoms with E-state index in [9.17, 15) is 10.1 Å². The van der Waals surface area contributed by atoms with Gasteiger partial charge in [0.2, 0.25) is 0 Å². The second kappa shape index (κ2) is 5.40. The molecule has 0 saturated carbocycles. The van der Waals surface area contributed by atoms with Crippen LogP contribution in [-0.2, 0) is 0 Å². The summed E-state index contributed by atoms with van der Waals surface area (Å²) in [6.07, 6.45) is 0. The molecular formula is C9H9ClN2O2S2. The molecule has 0 bridgehead atoms. The Balaban J connectivity index is 0.00000128. The largest absolute Gasteiger partial charge is 0.324 e. The summed E-state index contributed by atoms with van der Waals surface area (Å²) in [7, 11) is 0. The zero-order valence-corrected chi connectivity index (χ0v) is 10.5. The fraction of sp³-hybridized carbons (Fsp3) is 0.111. The summed E-state index contributed by atoms with van der Waals surface area (Å²) in [6.45, 7) is 0. The van der Waals surface area contributed by atoms with Crippen molar-refractivity contribution < 1.29 is 4.92 Å². The van der Waals surface area contributed by atoms with Gasteiger partial charge in [0.25, 0.3) is 0 Å². The molecule has 16 heavy (non-hydrogen) atoms. The lowest BCUT2D eigenvalue weighted by atomic mass is 10.1. The lowest BCUT2D eigenvalue weighted by Gasteiger charge is -2.05. The summed E-state index contributed by atoms with van der Waals surface area (Å²) in [5, 5.41) is 16.3. The van der Waals surface area contributed by atoms with Crippen LogP contribution in [0.3, 0.4) is 0 Å². The van der Waals surface area contributed by atoms with Gasteiger partial charge in [-0.3, -0.25) is 10.1 Å². The van der Waals surface area contributed by atoms with E-state index in [0.717, 1.165) is 22.5 Å². The Labute approximate surface area is 106 Å². The first kappa shape index (κ1) is 13.1. The van der Waals surface area contributed by atoms with Crippen molar-refractivity contribution >= 4 is 40.1 Å². The van der Waals surface area contributed by atoms with Gasteiger partial charge in [-0.15, -0.1) is 12.4 Å². The van der Waals surface area contributed by atoms with Crippen LogP contribution in [0, 0.1) is 10.1 Å². The van der Waals surface area contributed by atoms with Gasteiger partial charge >= 0.3 is 5.00 Å². The van der Waals surface area contributed by atoms with Crippen molar-refractivity contribution in [2.45, 2.75) is 6.04 Å². The SMILES string of the molecule is Cl.N[C@@H](c1ccsc1)c1csc([N+](=O)[O-])c1. The number of rotatable bonds is 3. The van der Waals surface area contributed by atoms with Gasteiger partial charge in [0.15, 0.2) is 0 Å². The Kier molecular flexibility index (Phi) is 4.43. The molecule has 2 aromatic rings. The molecule has 0 aliphatic rings. The van der Waals surface area contributed by atoms with E-state index in [1.165, 1.54) is 6.07 Å². The number of nitrogens with zero attached hydrogens (tertiary/aromatic N) is 1. The molecule has 0 fully saturated rings. The Bertz CT molecular complexity index is 470. The van der Waals surface area contributed by atoms with Crippen LogP contribution >= 0.6 is 35.1 Å². The molecule has 0 unspecified atom stereocenters. The van der Waals surface area contributed by atoms with Crippen molar-refractivity contribution in [3.8, 4) is 0 Å². The van der Waals surface area contributed by atoms with Crippen LogP contribution in [0.1, 0.15) is 17.2 Å². The average Bonchev–Trinajstić information content (AvgIpc) is 2.88. The van der Waals surface area contributed by atoms with Gasteiger partial charge in [-0.25, -0.2) is 0 Å². The third-order valence-corrected chi connectivity index (χ3v) is 3.65. The number of nitro groups is 1. The number of halogens is 1. The van der Waals surface area contributed by atoms with E-state index in [1.807, 2.05) is 16.8 Å². The van der Waals surface area contributed by atoms with Gasteiger partial charge in [-0.2, -0.15) is 11.3 Å². The summed E-state index contributed by atoms with van der Waals surface area (Å²) in [6, 6.07) is 3.20. The molecule has 0 spiro atoms. The lowest BCUT2D eigenvalue weighted by molar-refractivity contribution is -0.380. The maximum Gasteiger partial charge on any atom is 0.324 e. The fourth-order valence-electron chi connectivity index (χ4n) is 1.24. The second-order valence-corrected chi connectivity index (χ2v) is 4.68. The molecule has 0 aromatic carbocycles. The normalized spacial score (nSPS) is 11.8. The molecule has 0 aliphatic heterocycles. The average molecular weight is 277 g/mol. The third-order valence-electron chi connectivity index (χ3n) is 2.05. The van der Waals surface area contributed by atoms with Gasteiger partial charge in [0.05, 0.1) is 11.0 Å². The van der Waals surface area contributed by atoms with Crippen LogP contribution in [-0.4, -0.2) is 4.92 Å². The zero-order chi connectivity index (χ0) is 10.8. The predicted molar refractivity (Wildman–Crippen MR) is 68.6 cm³/mol. The van der Waals surface area contributed by atoms with Crippen LogP contribution in [0.4, 0.5) is 5.00 Å². The fourth-order valence-corrected chi connectivity index (χ4v) is 2.70. The number of nitrogens with two attached hydrogens (primary N) is 1. The van der Waals surface area contributed by atoms with Gasteiger partial charge in [-0.05, 0) is 28.0 Å². The van der Waals surface area contributed by atoms with Crippen molar-refractivity contribution in [1.82, 2.24) is 0 Å². The molecule has 0 saturated heterocycles. The van der Waals surface area contributed by atoms with Crippen molar-refractivity contribution in [3.05, 3.63) is 49.5 Å². The van der Waals surface area contributed by atoms with Crippen LogP contribution in [0.25, 0.3) is 0 Å². The molecule has 2 heterocycles. The van der Waals surface area contributed by atoms with Crippen molar-refractivity contribution in [2.75, 3.05) is 0 Å². The van der Waals surface area contributed by atoms with Crippen LogP contribution in [0.2, 0.25) is 0 Å². The third kappa shape index (κ3) is 2.59. The molecule has 0 radical (unpaired) electrons. The number of hydrogen-bond acceptors (Lipinski definition) is 5.